The maximum atomic E-state index is 9.05. The molecule has 1 fully saturated rings. The predicted octanol–water partition coefficient (Wildman–Crippen LogP) is 0.962. The van der Waals surface area contributed by atoms with Gasteiger partial charge in [0.1, 0.15) is 12.4 Å². The van der Waals surface area contributed by atoms with Crippen molar-refractivity contribution in [2.24, 2.45) is 5.92 Å². The van der Waals surface area contributed by atoms with E-state index >= 15 is 0 Å². The zero-order chi connectivity index (χ0) is 12.1. The molecule has 1 aliphatic heterocycles. The van der Waals surface area contributed by atoms with Crippen molar-refractivity contribution in [3.63, 3.8) is 0 Å². The highest BCUT2D eigenvalue weighted by Gasteiger charge is 2.21. The van der Waals surface area contributed by atoms with E-state index in [2.05, 4.69) is 4.90 Å². The van der Waals surface area contributed by atoms with E-state index in [1.54, 1.807) is 0 Å². The Kier molecular flexibility index (Phi) is 4.23. The molecule has 0 bridgehead atoms. The van der Waals surface area contributed by atoms with Crippen LogP contribution in [0.25, 0.3) is 0 Å². The fourth-order valence-electron chi connectivity index (χ4n) is 2.16. The molecule has 2 rings (SSSR count). The quantitative estimate of drug-likeness (QED) is 0.748. The molecule has 0 spiro atoms. The summed E-state index contributed by atoms with van der Waals surface area (Å²) in [5, 5.41) is 9.05. The van der Waals surface area contributed by atoms with Gasteiger partial charge in [0.2, 0.25) is 0 Å². The minimum Gasteiger partial charge on any atom is -0.490 e. The topological polar surface area (TPSA) is 58.7 Å². The Balaban J connectivity index is 1.72. The third-order valence-corrected chi connectivity index (χ3v) is 3.21. The van der Waals surface area contributed by atoms with Crippen LogP contribution in [0.4, 0.5) is 5.69 Å². The predicted molar refractivity (Wildman–Crippen MR) is 68.0 cm³/mol. The molecule has 3 N–H and O–H groups in total. The van der Waals surface area contributed by atoms with Crippen LogP contribution in [0.3, 0.4) is 0 Å². The molecular weight excluding hydrogens is 216 g/mol. The van der Waals surface area contributed by atoms with Crippen LogP contribution in [0.2, 0.25) is 0 Å². The highest BCUT2D eigenvalue weighted by atomic mass is 16.5. The summed E-state index contributed by atoms with van der Waals surface area (Å²) < 4.78 is 5.64. The van der Waals surface area contributed by atoms with Crippen LogP contribution in [0.5, 0.6) is 5.75 Å². The number of likely N-dealkylation sites (tertiary alicyclic amines) is 1. The summed E-state index contributed by atoms with van der Waals surface area (Å²) in [5.41, 5.74) is 6.47. The Bertz CT molecular complexity index is 357. The van der Waals surface area contributed by atoms with Crippen LogP contribution in [0, 0.1) is 5.92 Å². The molecule has 0 radical (unpaired) electrons. The lowest BCUT2D eigenvalue weighted by Crippen LogP contribution is -2.26. The fourth-order valence-corrected chi connectivity index (χ4v) is 2.16. The monoisotopic (exact) mass is 236 g/mol. The second-order valence-electron chi connectivity index (χ2n) is 4.52. The molecular formula is C13H20N2O2. The van der Waals surface area contributed by atoms with Gasteiger partial charge in [0.05, 0.1) is 5.69 Å². The van der Waals surface area contributed by atoms with Gasteiger partial charge in [-0.2, -0.15) is 0 Å². The van der Waals surface area contributed by atoms with E-state index in [9.17, 15) is 0 Å². The normalized spacial score (nSPS) is 20.6. The van der Waals surface area contributed by atoms with Gasteiger partial charge in [-0.25, -0.2) is 0 Å². The SMILES string of the molecule is Nc1ccccc1OCCN1CCC(CO)C1. The molecule has 4 heteroatoms. The molecule has 1 aromatic carbocycles. The van der Waals surface area contributed by atoms with E-state index in [1.807, 2.05) is 24.3 Å². The van der Waals surface area contributed by atoms with Gasteiger partial charge >= 0.3 is 0 Å². The molecule has 1 aromatic rings. The van der Waals surface area contributed by atoms with Crippen molar-refractivity contribution in [3.05, 3.63) is 24.3 Å². The maximum absolute atomic E-state index is 9.05. The number of anilines is 1. The third kappa shape index (κ3) is 3.35. The summed E-state index contributed by atoms with van der Waals surface area (Å²) in [5.74, 6) is 1.20. The number of nitrogens with zero attached hydrogens (tertiary/aromatic N) is 1. The second kappa shape index (κ2) is 5.89. The summed E-state index contributed by atoms with van der Waals surface area (Å²) in [6.45, 7) is 3.86. The Morgan fingerprint density at radius 3 is 2.94 bits per heavy atom. The molecule has 0 aliphatic carbocycles. The van der Waals surface area contributed by atoms with Crippen molar-refractivity contribution in [3.8, 4) is 5.75 Å². The number of hydrogen-bond donors (Lipinski definition) is 2. The van der Waals surface area contributed by atoms with Crippen LogP contribution in [-0.4, -0.2) is 42.9 Å². The molecule has 1 saturated heterocycles. The molecule has 94 valence electrons. The lowest BCUT2D eigenvalue weighted by Gasteiger charge is -2.16. The lowest BCUT2D eigenvalue weighted by atomic mass is 10.1. The summed E-state index contributed by atoms with van der Waals surface area (Å²) in [7, 11) is 0. The van der Waals surface area contributed by atoms with Crippen LogP contribution in [0.15, 0.2) is 24.3 Å². The largest absolute Gasteiger partial charge is 0.490 e. The van der Waals surface area contributed by atoms with Crippen LogP contribution in [-0.2, 0) is 0 Å². The van der Waals surface area contributed by atoms with E-state index in [4.69, 9.17) is 15.6 Å². The van der Waals surface area contributed by atoms with Crippen LogP contribution in [0.1, 0.15) is 6.42 Å². The second-order valence-corrected chi connectivity index (χ2v) is 4.52. The lowest BCUT2D eigenvalue weighted by molar-refractivity contribution is 0.205. The first-order chi connectivity index (χ1) is 8.29. The minimum absolute atomic E-state index is 0.295. The van der Waals surface area contributed by atoms with Crippen molar-refractivity contribution >= 4 is 5.69 Å². The number of nitrogen functional groups attached to an aromatic ring is 1. The Morgan fingerprint density at radius 1 is 1.41 bits per heavy atom. The fraction of sp³-hybridized carbons (Fsp3) is 0.538. The van der Waals surface area contributed by atoms with Crippen molar-refractivity contribution < 1.29 is 9.84 Å². The zero-order valence-electron chi connectivity index (χ0n) is 10.0. The molecule has 17 heavy (non-hydrogen) atoms. The Labute approximate surface area is 102 Å². The van der Waals surface area contributed by atoms with Crippen molar-refractivity contribution in [2.45, 2.75) is 6.42 Å². The first kappa shape index (κ1) is 12.2. The average Bonchev–Trinajstić information content (AvgIpc) is 2.80. The number of ether oxygens (including phenoxy) is 1. The van der Waals surface area contributed by atoms with E-state index in [0.717, 1.165) is 31.8 Å². The Hall–Kier alpha value is -1.26. The number of para-hydroxylation sites is 2. The first-order valence-electron chi connectivity index (χ1n) is 6.10. The van der Waals surface area contributed by atoms with Crippen LogP contribution < -0.4 is 10.5 Å². The number of hydrogen-bond acceptors (Lipinski definition) is 4. The number of aliphatic hydroxyl groups is 1. The van der Waals surface area contributed by atoms with Gasteiger partial charge in [-0.1, -0.05) is 12.1 Å². The van der Waals surface area contributed by atoms with E-state index < -0.39 is 0 Å². The van der Waals surface area contributed by atoms with Gasteiger partial charge in [0.15, 0.2) is 0 Å². The van der Waals surface area contributed by atoms with Gasteiger partial charge in [-0.3, -0.25) is 4.90 Å². The molecule has 0 saturated carbocycles. The summed E-state index contributed by atoms with van der Waals surface area (Å²) in [6, 6.07) is 7.54. The molecule has 1 heterocycles. The van der Waals surface area contributed by atoms with Crippen molar-refractivity contribution in [2.75, 3.05) is 38.6 Å². The van der Waals surface area contributed by atoms with Crippen molar-refractivity contribution in [1.82, 2.24) is 4.90 Å². The summed E-state index contributed by atoms with van der Waals surface area (Å²) in [6.07, 6.45) is 1.09. The number of rotatable bonds is 5. The zero-order valence-corrected chi connectivity index (χ0v) is 10.0. The molecule has 4 nitrogen and oxygen atoms in total. The third-order valence-electron chi connectivity index (χ3n) is 3.21. The van der Waals surface area contributed by atoms with Gasteiger partial charge in [-0.05, 0) is 31.0 Å². The van der Waals surface area contributed by atoms with Crippen molar-refractivity contribution in [1.29, 1.82) is 0 Å². The standard InChI is InChI=1S/C13H20N2O2/c14-12-3-1-2-4-13(12)17-8-7-15-6-5-11(9-15)10-16/h1-4,11,16H,5-10,14H2. The molecule has 0 aromatic heterocycles. The van der Waals surface area contributed by atoms with Gasteiger partial charge < -0.3 is 15.6 Å². The smallest absolute Gasteiger partial charge is 0.142 e. The summed E-state index contributed by atoms with van der Waals surface area (Å²) >= 11 is 0. The van der Waals surface area contributed by atoms with Crippen LogP contribution >= 0.6 is 0 Å². The maximum Gasteiger partial charge on any atom is 0.142 e. The molecule has 1 atom stereocenters. The van der Waals surface area contributed by atoms with E-state index in [0.29, 0.717) is 24.8 Å². The van der Waals surface area contributed by atoms with Gasteiger partial charge in [0, 0.05) is 19.7 Å². The first-order valence-corrected chi connectivity index (χ1v) is 6.10. The number of benzene rings is 1. The molecule has 1 unspecified atom stereocenters. The Morgan fingerprint density at radius 2 is 2.24 bits per heavy atom. The molecule has 1 aliphatic rings. The number of nitrogens with two attached hydrogens (primary N) is 1. The van der Waals surface area contributed by atoms with Gasteiger partial charge in [0.25, 0.3) is 0 Å². The highest BCUT2D eigenvalue weighted by Crippen LogP contribution is 2.20. The molecule has 0 amide bonds. The van der Waals surface area contributed by atoms with E-state index in [1.165, 1.54) is 0 Å². The average molecular weight is 236 g/mol. The highest BCUT2D eigenvalue weighted by molar-refractivity contribution is 5.51. The number of aliphatic hydroxyl groups excluding tert-OH is 1. The van der Waals surface area contributed by atoms with Gasteiger partial charge in [-0.15, -0.1) is 0 Å². The van der Waals surface area contributed by atoms with E-state index in [-0.39, 0.29) is 0 Å². The summed E-state index contributed by atoms with van der Waals surface area (Å²) in [4.78, 5) is 2.32. The minimum atomic E-state index is 0.295.